The van der Waals surface area contributed by atoms with E-state index in [0.29, 0.717) is 5.92 Å². The molecule has 1 aliphatic rings. The Balaban J connectivity index is 1.36. The lowest BCUT2D eigenvalue weighted by Gasteiger charge is -2.13. The molecule has 1 aliphatic heterocycles. The number of likely N-dealkylation sites (tertiary alicyclic amines) is 1. The predicted octanol–water partition coefficient (Wildman–Crippen LogP) is 3.84. The number of rotatable bonds is 4. The van der Waals surface area contributed by atoms with Crippen molar-refractivity contribution in [3.8, 4) is 11.1 Å². The second-order valence-electron chi connectivity index (χ2n) is 6.73. The van der Waals surface area contributed by atoms with E-state index in [2.05, 4.69) is 39.5 Å². The first-order valence-electron chi connectivity index (χ1n) is 8.86. The van der Waals surface area contributed by atoms with Crippen LogP contribution in [0.3, 0.4) is 0 Å². The van der Waals surface area contributed by atoms with Crippen molar-refractivity contribution in [3.63, 3.8) is 0 Å². The molecule has 26 heavy (non-hydrogen) atoms. The van der Waals surface area contributed by atoms with E-state index in [1.807, 2.05) is 40.4 Å². The molecule has 0 amide bonds. The third kappa shape index (κ3) is 3.02. The fourth-order valence-electron chi connectivity index (χ4n) is 3.59. The number of nitrogens with zero attached hydrogens (tertiary/aromatic N) is 5. The van der Waals surface area contributed by atoms with E-state index >= 15 is 0 Å². The third-order valence-corrected chi connectivity index (χ3v) is 5.80. The lowest BCUT2D eigenvalue weighted by Crippen LogP contribution is -2.19. The van der Waals surface area contributed by atoms with Crippen molar-refractivity contribution in [2.45, 2.75) is 18.9 Å². The number of fused-ring (bicyclic) bond motifs is 1. The van der Waals surface area contributed by atoms with Crippen molar-refractivity contribution in [2.24, 2.45) is 0 Å². The maximum Gasteiger partial charge on any atom is 0.156 e. The van der Waals surface area contributed by atoms with Gasteiger partial charge in [0, 0.05) is 53.6 Å². The minimum atomic E-state index is 0.414. The zero-order valence-corrected chi connectivity index (χ0v) is 15.1. The molecule has 0 saturated carbocycles. The number of pyridine rings is 2. The van der Waals surface area contributed by atoms with Gasteiger partial charge in [-0.2, -0.15) is 5.10 Å². The molecule has 4 aromatic rings. The van der Waals surface area contributed by atoms with E-state index in [0.717, 1.165) is 48.7 Å². The Morgan fingerprint density at radius 1 is 1.12 bits per heavy atom. The summed E-state index contributed by atoms with van der Waals surface area (Å²) in [7, 11) is 0. The van der Waals surface area contributed by atoms with Gasteiger partial charge in [0.25, 0.3) is 0 Å². The van der Waals surface area contributed by atoms with Crippen LogP contribution < -0.4 is 0 Å². The van der Waals surface area contributed by atoms with Crippen LogP contribution in [-0.4, -0.2) is 37.6 Å². The van der Waals surface area contributed by atoms with Gasteiger partial charge in [0.15, 0.2) is 11.5 Å². The van der Waals surface area contributed by atoms with Crippen LogP contribution in [0.4, 0.5) is 0 Å². The summed E-state index contributed by atoms with van der Waals surface area (Å²) in [5, 5.41) is 6.92. The number of hydrogen-bond donors (Lipinski definition) is 0. The van der Waals surface area contributed by atoms with Crippen LogP contribution in [0.15, 0.2) is 60.4 Å². The van der Waals surface area contributed by atoms with Crippen molar-refractivity contribution < 1.29 is 0 Å². The Morgan fingerprint density at radius 2 is 2.12 bits per heavy atom. The van der Waals surface area contributed by atoms with Gasteiger partial charge in [-0.25, -0.2) is 9.50 Å². The number of aromatic nitrogens is 4. The number of thiophene rings is 1. The van der Waals surface area contributed by atoms with E-state index in [-0.39, 0.29) is 0 Å². The SMILES string of the molecule is c1cncc(-c2ccc3nc([C@H]4CCN(Cc5cccs5)C4)nn3c2)c1. The molecule has 1 saturated heterocycles. The standard InChI is InChI=1S/C20H19N5S/c1-3-15(11-21-8-1)16-5-6-19-22-20(23-25(19)13-16)17-7-9-24(12-17)14-18-4-2-10-26-18/h1-6,8,10-11,13,17H,7,9,12,14H2/t17-/m0/s1. The van der Waals surface area contributed by atoms with Crippen molar-refractivity contribution in [3.05, 3.63) is 71.1 Å². The van der Waals surface area contributed by atoms with Crippen LogP contribution in [0.25, 0.3) is 16.8 Å². The summed E-state index contributed by atoms with van der Waals surface area (Å²) >= 11 is 1.83. The molecule has 0 bridgehead atoms. The quantitative estimate of drug-likeness (QED) is 0.554. The van der Waals surface area contributed by atoms with Crippen LogP contribution in [-0.2, 0) is 6.54 Å². The molecule has 1 atom stereocenters. The molecule has 0 radical (unpaired) electrons. The topological polar surface area (TPSA) is 46.3 Å². The predicted molar refractivity (Wildman–Crippen MR) is 103 cm³/mol. The molecular formula is C20H19N5S. The minimum Gasteiger partial charge on any atom is -0.298 e. The fourth-order valence-corrected chi connectivity index (χ4v) is 4.33. The largest absolute Gasteiger partial charge is 0.298 e. The summed E-state index contributed by atoms with van der Waals surface area (Å²) in [4.78, 5) is 12.9. The molecule has 0 N–H and O–H groups in total. The molecule has 5 rings (SSSR count). The summed E-state index contributed by atoms with van der Waals surface area (Å²) in [5.74, 6) is 1.37. The first-order valence-corrected chi connectivity index (χ1v) is 9.74. The van der Waals surface area contributed by atoms with Crippen molar-refractivity contribution in [2.75, 3.05) is 13.1 Å². The molecule has 0 unspecified atom stereocenters. The second-order valence-corrected chi connectivity index (χ2v) is 7.76. The summed E-state index contributed by atoms with van der Waals surface area (Å²) < 4.78 is 1.90. The maximum atomic E-state index is 4.77. The monoisotopic (exact) mass is 361 g/mol. The highest BCUT2D eigenvalue weighted by Gasteiger charge is 2.27. The molecule has 5 nitrogen and oxygen atoms in total. The summed E-state index contributed by atoms with van der Waals surface area (Å²) in [5.41, 5.74) is 3.10. The lowest BCUT2D eigenvalue weighted by atomic mass is 10.1. The smallest absolute Gasteiger partial charge is 0.156 e. The average Bonchev–Trinajstić information content (AvgIpc) is 3.42. The van der Waals surface area contributed by atoms with Gasteiger partial charge >= 0.3 is 0 Å². The van der Waals surface area contributed by atoms with Gasteiger partial charge < -0.3 is 0 Å². The molecular weight excluding hydrogens is 342 g/mol. The van der Waals surface area contributed by atoms with Crippen LogP contribution in [0.5, 0.6) is 0 Å². The molecule has 130 valence electrons. The van der Waals surface area contributed by atoms with Gasteiger partial charge in [-0.15, -0.1) is 11.3 Å². The van der Waals surface area contributed by atoms with Crippen LogP contribution >= 0.6 is 11.3 Å². The minimum absolute atomic E-state index is 0.414. The molecule has 0 aromatic carbocycles. The van der Waals surface area contributed by atoms with Gasteiger partial charge in [0.1, 0.15) is 0 Å². The Kier molecular flexibility index (Phi) is 3.99. The molecule has 1 fully saturated rings. The Bertz CT molecular complexity index is 1010. The summed E-state index contributed by atoms with van der Waals surface area (Å²) in [6, 6.07) is 12.5. The first-order chi connectivity index (χ1) is 12.8. The van der Waals surface area contributed by atoms with Crippen LogP contribution in [0, 0.1) is 0 Å². The summed E-state index contributed by atoms with van der Waals surface area (Å²) in [6.45, 7) is 3.18. The molecule has 6 heteroatoms. The summed E-state index contributed by atoms with van der Waals surface area (Å²) in [6.07, 6.45) is 6.83. The van der Waals surface area contributed by atoms with Gasteiger partial charge in [0.2, 0.25) is 0 Å². The average molecular weight is 361 g/mol. The third-order valence-electron chi connectivity index (χ3n) is 4.94. The van der Waals surface area contributed by atoms with Gasteiger partial charge in [-0.05, 0) is 42.6 Å². The highest BCUT2D eigenvalue weighted by atomic mass is 32.1. The van der Waals surface area contributed by atoms with Crippen molar-refractivity contribution in [1.29, 1.82) is 0 Å². The van der Waals surface area contributed by atoms with Crippen LogP contribution in [0.1, 0.15) is 23.0 Å². The normalized spacial score (nSPS) is 17.9. The van der Waals surface area contributed by atoms with Crippen LogP contribution in [0.2, 0.25) is 0 Å². The highest BCUT2D eigenvalue weighted by molar-refractivity contribution is 7.09. The van der Waals surface area contributed by atoms with E-state index in [4.69, 9.17) is 10.1 Å². The molecule has 0 spiro atoms. The van der Waals surface area contributed by atoms with Crippen molar-refractivity contribution in [1.82, 2.24) is 24.5 Å². The Hall–Kier alpha value is -2.57. The zero-order chi connectivity index (χ0) is 17.3. The maximum absolute atomic E-state index is 4.77. The number of hydrogen-bond acceptors (Lipinski definition) is 5. The fraction of sp³-hybridized carbons (Fsp3) is 0.250. The molecule has 4 aromatic heterocycles. The molecule has 5 heterocycles. The van der Waals surface area contributed by atoms with Gasteiger partial charge in [-0.1, -0.05) is 12.1 Å². The highest BCUT2D eigenvalue weighted by Crippen LogP contribution is 2.27. The molecule has 0 aliphatic carbocycles. The lowest BCUT2D eigenvalue weighted by molar-refractivity contribution is 0.328. The Labute approximate surface area is 156 Å². The zero-order valence-electron chi connectivity index (χ0n) is 14.3. The van der Waals surface area contributed by atoms with Gasteiger partial charge in [0.05, 0.1) is 0 Å². The van der Waals surface area contributed by atoms with E-state index in [1.54, 1.807) is 6.20 Å². The van der Waals surface area contributed by atoms with E-state index < -0.39 is 0 Å². The van der Waals surface area contributed by atoms with Gasteiger partial charge in [-0.3, -0.25) is 9.88 Å². The first kappa shape index (κ1) is 15.7. The second kappa shape index (κ2) is 6.63. The van der Waals surface area contributed by atoms with E-state index in [9.17, 15) is 0 Å². The van der Waals surface area contributed by atoms with Crippen molar-refractivity contribution >= 4 is 17.0 Å². The van der Waals surface area contributed by atoms with E-state index in [1.165, 1.54) is 4.88 Å². The Morgan fingerprint density at radius 3 is 2.96 bits per heavy atom.